The van der Waals surface area contributed by atoms with Crippen LogP contribution in [0.4, 0.5) is 0 Å². The van der Waals surface area contributed by atoms with Gasteiger partial charge in [0.1, 0.15) is 18.6 Å². The van der Waals surface area contributed by atoms with Gasteiger partial charge in [-0.05, 0) is 30.5 Å². The van der Waals surface area contributed by atoms with Gasteiger partial charge in [0, 0.05) is 16.9 Å². The number of carbonyl (C=O) groups is 5. The van der Waals surface area contributed by atoms with Gasteiger partial charge in [0.2, 0.25) is 17.7 Å². The molecule has 0 aromatic heterocycles. The van der Waals surface area contributed by atoms with Gasteiger partial charge in [-0.25, -0.2) is 4.79 Å². The number of nitrogens with one attached hydrogen (secondary N) is 3. The van der Waals surface area contributed by atoms with Crippen LogP contribution in [0.2, 0.25) is 0 Å². The van der Waals surface area contributed by atoms with Gasteiger partial charge in [0.15, 0.2) is 11.5 Å². The molecule has 0 aliphatic heterocycles. The summed E-state index contributed by atoms with van der Waals surface area (Å²) >= 11 is 0. The summed E-state index contributed by atoms with van der Waals surface area (Å²) in [6.45, 7) is 5.26. The molecule has 15 heteroatoms. The molecule has 9 N–H and O–H groups in total. The summed E-state index contributed by atoms with van der Waals surface area (Å²) in [5.74, 6) is -5.40. The van der Waals surface area contributed by atoms with E-state index in [1.54, 1.807) is 0 Å². The van der Waals surface area contributed by atoms with Gasteiger partial charge in [-0.2, -0.15) is 0 Å². The number of hydrogen-bond donors (Lipinski definition) is 8. The Morgan fingerprint density at radius 2 is 1.63 bits per heavy atom. The highest BCUT2D eigenvalue weighted by Gasteiger charge is 2.27. The number of carbonyl (C=O) groups excluding carboxylic acids is 3. The molecule has 38 heavy (non-hydrogen) atoms. The molecule has 0 spiro atoms. The van der Waals surface area contributed by atoms with Crippen LogP contribution < -0.4 is 21.7 Å². The van der Waals surface area contributed by atoms with Crippen molar-refractivity contribution in [2.24, 2.45) is 5.73 Å². The molecule has 0 heterocycles. The Morgan fingerprint density at radius 1 is 0.974 bits per heavy atom. The smallest absolute Gasteiger partial charge is 0.326 e. The molecule has 1 rings (SSSR count). The Labute approximate surface area is 227 Å². The average Bonchev–Trinajstić information content (AvgIpc) is 2.80. The van der Waals surface area contributed by atoms with Crippen LogP contribution in [-0.4, -0.2) is 85.3 Å². The summed E-state index contributed by atoms with van der Waals surface area (Å²) in [6.07, 6.45) is -0.699. The molecule has 0 radical (unpaired) electrons. The summed E-state index contributed by atoms with van der Waals surface area (Å²) in [4.78, 5) is 59.8. The summed E-state index contributed by atoms with van der Waals surface area (Å²) in [5.41, 5.74) is 6.28. The van der Waals surface area contributed by atoms with Gasteiger partial charge in [0.05, 0.1) is 6.04 Å². The van der Waals surface area contributed by atoms with Gasteiger partial charge >= 0.3 is 11.9 Å². The normalized spacial score (nSPS) is 13.6. The number of aliphatic carboxylic acids is 2. The van der Waals surface area contributed by atoms with Crippen molar-refractivity contribution in [2.45, 2.75) is 62.9 Å². The third-order valence-corrected chi connectivity index (χ3v) is 8.07. The molecule has 0 aliphatic carbocycles. The van der Waals surface area contributed by atoms with Crippen molar-refractivity contribution >= 4 is 51.2 Å². The molecule has 0 bridgehead atoms. The number of benzene rings is 1. The lowest BCUT2D eigenvalue weighted by atomic mass is 10.0. The fourth-order valence-corrected chi connectivity index (χ4v) is 5.33. The molecule has 212 valence electrons. The van der Waals surface area contributed by atoms with Crippen molar-refractivity contribution in [1.29, 1.82) is 0 Å². The van der Waals surface area contributed by atoms with Crippen molar-refractivity contribution in [2.75, 3.05) is 12.3 Å². The first-order valence-corrected chi connectivity index (χ1v) is 13.8. The number of rotatable bonds is 15. The highest BCUT2D eigenvalue weighted by atomic mass is 33.1. The number of aromatic hydroxyl groups is 2. The molecule has 13 nitrogen and oxygen atoms in total. The van der Waals surface area contributed by atoms with E-state index in [1.807, 2.05) is 20.8 Å². The molecule has 3 atom stereocenters. The van der Waals surface area contributed by atoms with Crippen molar-refractivity contribution in [1.82, 2.24) is 16.0 Å². The monoisotopic (exact) mass is 574 g/mol. The van der Waals surface area contributed by atoms with E-state index in [0.29, 0.717) is 5.56 Å². The first-order chi connectivity index (χ1) is 17.6. The molecule has 0 saturated heterocycles. The zero-order valence-corrected chi connectivity index (χ0v) is 22.9. The largest absolute Gasteiger partial charge is 0.504 e. The standard InChI is InChI=1S/C23H34N4O9S2/c1-23(2,3)38-37-11-15(21(34)25-10-19(31)32)26-18(30)7-5-14(22(35)36)27-20(33)13(24)8-12-4-6-16(28)17(29)9-12/h4,6,9,13-15,28-29H,5,7-8,10-11,24H2,1-3H3,(H,25,34)(H,26,30)(H,27,33)(H,31,32)(H,35,36)/t13-,14+,15+/m1/s1. The number of carboxylic acid groups (broad SMARTS) is 2. The Balaban J connectivity index is 2.71. The summed E-state index contributed by atoms with van der Waals surface area (Å²) in [5, 5.41) is 44.2. The van der Waals surface area contributed by atoms with E-state index in [-0.39, 0.29) is 35.5 Å². The van der Waals surface area contributed by atoms with E-state index in [0.717, 1.165) is 0 Å². The van der Waals surface area contributed by atoms with Crippen LogP contribution in [0.15, 0.2) is 18.2 Å². The first-order valence-electron chi connectivity index (χ1n) is 11.5. The lowest BCUT2D eigenvalue weighted by Gasteiger charge is -2.21. The molecule has 0 unspecified atom stereocenters. The number of phenolic OH excluding ortho intramolecular Hbond substituents is 2. The second kappa shape index (κ2) is 15.3. The summed E-state index contributed by atoms with van der Waals surface area (Å²) < 4.78 is -0.132. The number of amides is 3. The Bertz CT molecular complexity index is 1020. The number of carboxylic acids is 2. The van der Waals surface area contributed by atoms with Crippen LogP contribution in [-0.2, 0) is 30.4 Å². The Kier molecular flexibility index (Phi) is 13.2. The fourth-order valence-electron chi connectivity index (χ4n) is 2.87. The van der Waals surface area contributed by atoms with Crippen LogP contribution in [0, 0.1) is 0 Å². The van der Waals surface area contributed by atoms with E-state index in [4.69, 9.17) is 10.8 Å². The molecule has 0 fully saturated rings. The topological polar surface area (TPSA) is 228 Å². The van der Waals surface area contributed by atoms with Crippen molar-refractivity contribution in [3.05, 3.63) is 23.8 Å². The van der Waals surface area contributed by atoms with Gasteiger partial charge in [-0.15, -0.1) is 0 Å². The predicted octanol–water partition coefficient (Wildman–Crippen LogP) is 0.183. The molecule has 1 aromatic carbocycles. The zero-order valence-electron chi connectivity index (χ0n) is 21.2. The average molecular weight is 575 g/mol. The maximum absolute atomic E-state index is 12.5. The number of hydrogen-bond acceptors (Lipinski definition) is 10. The Hall–Kier alpha value is -3.17. The van der Waals surface area contributed by atoms with Crippen LogP contribution >= 0.6 is 21.6 Å². The minimum Gasteiger partial charge on any atom is -0.504 e. The third-order valence-electron chi connectivity index (χ3n) is 4.72. The maximum atomic E-state index is 12.5. The minimum atomic E-state index is -1.45. The number of nitrogens with two attached hydrogens (primary N) is 1. The number of phenols is 2. The SMILES string of the molecule is CC(C)(C)SSC[C@H](NC(=O)CC[C@H](NC(=O)[C@H](N)Cc1ccc(O)c(O)c1)C(=O)O)C(=O)NCC(=O)O. The van der Waals surface area contributed by atoms with Gasteiger partial charge in [0.25, 0.3) is 0 Å². The van der Waals surface area contributed by atoms with E-state index in [9.17, 15) is 39.3 Å². The van der Waals surface area contributed by atoms with Crippen molar-refractivity contribution in [3.8, 4) is 11.5 Å². The Morgan fingerprint density at radius 3 is 2.18 bits per heavy atom. The van der Waals surface area contributed by atoms with Gasteiger partial charge in [-0.3, -0.25) is 19.2 Å². The van der Waals surface area contributed by atoms with E-state index in [1.165, 1.54) is 39.8 Å². The highest BCUT2D eigenvalue weighted by Crippen LogP contribution is 2.35. The van der Waals surface area contributed by atoms with E-state index in [2.05, 4.69) is 16.0 Å². The van der Waals surface area contributed by atoms with Crippen LogP contribution in [0.3, 0.4) is 0 Å². The second-order valence-electron chi connectivity index (χ2n) is 9.28. The third kappa shape index (κ3) is 12.9. The molecule has 3 amide bonds. The molecular formula is C23H34N4O9S2. The summed E-state index contributed by atoms with van der Waals surface area (Å²) in [7, 11) is 2.79. The fraction of sp³-hybridized carbons (Fsp3) is 0.522. The van der Waals surface area contributed by atoms with Crippen LogP contribution in [0.25, 0.3) is 0 Å². The first kappa shape index (κ1) is 32.9. The lowest BCUT2D eigenvalue weighted by molar-refractivity contribution is -0.142. The van der Waals surface area contributed by atoms with E-state index >= 15 is 0 Å². The van der Waals surface area contributed by atoms with Crippen molar-refractivity contribution < 1.29 is 44.4 Å². The van der Waals surface area contributed by atoms with Crippen LogP contribution in [0.5, 0.6) is 11.5 Å². The molecule has 1 aromatic rings. The zero-order chi connectivity index (χ0) is 29.0. The summed E-state index contributed by atoms with van der Waals surface area (Å²) in [6, 6.07) is 0.219. The highest BCUT2D eigenvalue weighted by molar-refractivity contribution is 8.77. The lowest BCUT2D eigenvalue weighted by Crippen LogP contribution is -2.51. The second-order valence-corrected chi connectivity index (χ2v) is 12.5. The van der Waals surface area contributed by atoms with Gasteiger partial charge < -0.3 is 42.1 Å². The van der Waals surface area contributed by atoms with Crippen molar-refractivity contribution in [3.63, 3.8) is 0 Å². The maximum Gasteiger partial charge on any atom is 0.326 e. The minimum absolute atomic E-state index is 0.0517. The van der Waals surface area contributed by atoms with Gasteiger partial charge in [-0.1, -0.05) is 48.4 Å². The predicted molar refractivity (Wildman–Crippen MR) is 143 cm³/mol. The van der Waals surface area contributed by atoms with E-state index < -0.39 is 60.1 Å². The molecule has 0 aliphatic rings. The molecule has 0 saturated carbocycles. The quantitative estimate of drug-likeness (QED) is 0.104. The molecular weight excluding hydrogens is 540 g/mol. The van der Waals surface area contributed by atoms with Crippen LogP contribution in [0.1, 0.15) is 39.2 Å².